The molecule has 0 aliphatic rings. The van der Waals surface area contributed by atoms with Crippen LogP contribution < -0.4 is 10.6 Å². The zero-order valence-electron chi connectivity index (χ0n) is 9.71. The fraction of sp³-hybridized carbons (Fsp3) is 0.545. The Morgan fingerprint density at radius 2 is 2.19 bits per heavy atom. The van der Waals surface area contributed by atoms with Gasteiger partial charge < -0.3 is 15.4 Å². The number of amides is 1. The van der Waals surface area contributed by atoms with E-state index in [1.165, 1.54) is 11.3 Å². The number of nitrogens with one attached hydrogen (secondary N) is 2. The molecule has 5 heteroatoms. The van der Waals surface area contributed by atoms with Crippen molar-refractivity contribution in [3.8, 4) is 0 Å². The van der Waals surface area contributed by atoms with E-state index >= 15 is 0 Å². The summed E-state index contributed by atoms with van der Waals surface area (Å²) in [5.41, 5.74) is 0. The number of ether oxygens (including phenoxy) is 1. The predicted molar refractivity (Wildman–Crippen MR) is 66.1 cm³/mol. The minimum absolute atomic E-state index is 0.00615. The number of carbonyl (C=O) groups excluding carboxylic acids is 1. The second-order valence-corrected chi connectivity index (χ2v) is 4.70. The fourth-order valence-electron chi connectivity index (χ4n) is 1.21. The molecule has 1 heterocycles. The van der Waals surface area contributed by atoms with Gasteiger partial charge in [0.2, 0.25) is 0 Å². The zero-order valence-corrected chi connectivity index (χ0v) is 10.5. The summed E-state index contributed by atoms with van der Waals surface area (Å²) in [6.07, 6.45) is 0. The van der Waals surface area contributed by atoms with Crippen molar-refractivity contribution >= 4 is 17.2 Å². The minimum atomic E-state index is 0.00615. The van der Waals surface area contributed by atoms with Gasteiger partial charge in [0.05, 0.1) is 11.5 Å². The van der Waals surface area contributed by atoms with E-state index in [9.17, 15) is 4.79 Å². The highest BCUT2D eigenvalue weighted by atomic mass is 32.1. The quantitative estimate of drug-likeness (QED) is 0.702. The number of hydrogen-bond acceptors (Lipinski definition) is 4. The van der Waals surface area contributed by atoms with Gasteiger partial charge >= 0.3 is 0 Å². The molecule has 1 aromatic heterocycles. The molecule has 0 aliphatic heterocycles. The molecule has 0 aliphatic carbocycles. The van der Waals surface area contributed by atoms with Crippen molar-refractivity contribution in [2.24, 2.45) is 0 Å². The lowest BCUT2D eigenvalue weighted by Gasteiger charge is -2.05. The Morgan fingerprint density at radius 3 is 2.81 bits per heavy atom. The molecule has 16 heavy (non-hydrogen) atoms. The van der Waals surface area contributed by atoms with E-state index in [-0.39, 0.29) is 5.91 Å². The zero-order chi connectivity index (χ0) is 11.8. The molecule has 4 nitrogen and oxygen atoms in total. The van der Waals surface area contributed by atoms with Crippen LogP contribution >= 0.6 is 11.3 Å². The van der Waals surface area contributed by atoms with Gasteiger partial charge in [-0.25, -0.2) is 0 Å². The standard InChI is InChI=1S/C11H18N2O2S/c1-9-3-4-10(16-9)11(14)13-6-5-12-7-8-15-2/h3-4,12H,5-8H2,1-2H3,(H,13,14). The first-order valence-electron chi connectivity index (χ1n) is 5.28. The van der Waals surface area contributed by atoms with Crippen LogP contribution in [0.5, 0.6) is 0 Å². The first kappa shape index (κ1) is 13.2. The third-order valence-electron chi connectivity index (χ3n) is 2.03. The number of hydrogen-bond donors (Lipinski definition) is 2. The monoisotopic (exact) mass is 242 g/mol. The summed E-state index contributed by atoms with van der Waals surface area (Å²) in [4.78, 5) is 13.5. The third kappa shape index (κ3) is 4.74. The van der Waals surface area contributed by atoms with Gasteiger partial charge in [-0.3, -0.25) is 4.79 Å². The van der Waals surface area contributed by atoms with Crippen LogP contribution in [0.25, 0.3) is 0 Å². The Bertz CT molecular complexity index is 326. The summed E-state index contributed by atoms with van der Waals surface area (Å²) in [6, 6.07) is 3.81. The number of thiophene rings is 1. The molecular weight excluding hydrogens is 224 g/mol. The molecule has 0 bridgehead atoms. The highest BCUT2D eigenvalue weighted by Crippen LogP contribution is 2.14. The van der Waals surface area contributed by atoms with E-state index in [1.54, 1.807) is 7.11 Å². The Kier molecular flexibility index (Phi) is 6.07. The summed E-state index contributed by atoms with van der Waals surface area (Å²) < 4.78 is 4.89. The van der Waals surface area contributed by atoms with Crippen LogP contribution in [0.1, 0.15) is 14.5 Å². The van der Waals surface area contributed by atoms with Gasteiger partial charge in [-0.1, -0.05) is 0 Å². The van der Waals surface area contributed by atoms with Gasteiger partial charge in [-0.05, 0) is 19.1 Å². The van der Waals surface area contributed by atoms with Crippen LogP contribution in [0.4, 0.5) is 0 Å². The maximum Gasteiger partial charge on any atom is 0.261 e. The fourth-order valence-corrected chi connectivity index (χ4v) is 1.99. The Balaban J connectivity index is 2.11. The van der Waals surface area contributed by atoms with Crippen molar-refractivity contribution in [2.45, 2.75) is 6.92 Å². The predicted octanol–water partition coefficient (Wildman–Crippen LogP) is 1.02. The normalized spacial score (nSPS) is 10.4. The summed E-state index contributed by atoms with van der Waals surface area (Å²) in [5, 5.41) is 6.02. The molecule has 90 valence electrons. The van der Waals surface area contributed by atoms with E-state index in [2.05, 4.69) is 10.6 Å². The van der Waals surface area contributed by atoms with Gasteiger partial charge in [-0.2, -0.15) is 0 Å². The maximum atomic E-state index is 11.6. The van der Waals surface area contributed by atoms with Crippen molar-refractivity contribution in [2.75, 3.05) is 33.4 Å². The topological polar surface area (TPSA) is 50.4 Å². The van der Waals surface area contributed by atoms with E-state index in [4.69, 9.17) is 4.74 Å². The van der Waals surface area contributed by atoms with Crippen molar-refractivity contribution in [3.63, 3.8) is 0 Å². The molecule has 0 fully saturated rings. The smallest absolute Gasteiger partial charge is 0.261 e. The molecule has 1 aromatic rings. The number of rotatable bonds is 7. The maximum absolute atomic E-state index is 11.6. The van der Waals surface area contributed by atoms with Gasteiger partial charge in [0.1, 0.15) is 0 Å². The first-order valence-corrected chi connectivity index (χ1v) is 6.10. The number of carbonyl (C=O) groups is 1. The Morgan fingerprint density at radius 1 is 1.38 bits per heavy atom. The van der Waals surface area contributed by atoms with Crippen molar-refractivity contribution in [1.29, 1.82) is 0 Å². The van der Waals surface area contributed by atoms with Gasteiger partial charge in [-0.15, -0.1) is 11.3 Å². The van der Waals surface area contributed by atoms with Gasteiger partial charge in [0.25, 0.3) is 5.91 Å². The lowest BCUT2D eigenvalue weighted by molar-refractivity contribution is 0.0957. The molecule has 0 aromatic carbocycles. The Labute approximate surface area is 100 Å². The molecular formula is C11H18N2O2S. The average molecular weight is 242 g/mol. The van der Waals surface area contributed by atoms with Gasteiger partial charge in [0, 0.05) is 31.6 Å². The molecule has 0 spiro atoms. The van der Waals surface area contributed by atoms with Gasteiger partial charge in [0.15, 0.2) is 0 Å². The van der Waals surface area contributed by atoms with E-state index < -0.39 is 0 Å². The summed E-state index contributed by atoms with van der Waals surface area (Å²) >= 11 is 1.52. The average Bonchev–Trinajstić information content (AvgIpc) is 2.70. The van der Waals surface area contributed by atoms with E-state index in [1.807, 2.05) is 19.1 Å². The SMILES string of the molecule is COCCNCCNC(=O)c1ccc(C)s1. The molecule has 1 amide bonds. The lowest BCUT2D eigenvalue weighted by atomic mass is 10.4. The van der Waals surface area contributed by atoms with Crippen LogP contribution in [0.3, 0.4) is 0 Å². The summed E-state index contributed by atoms with van der Waals surface area (Å²) in [6.45, 7) is 4.90. The summed E-state index contributed by atoms with van der Waals surface area (Å²) in [5.74, 6) is 0.00615. The molecule has 0 saturated carbocycles. The van der Waals surface area contributed by atoms with E-state index in [0.29, 0.717) is 13.2 Å². The first-order chi connectivity index (χ1) is 7.74. The van der Waals surface area contributed by atoms with Crippen molar-refractivity contribution < 1.29 is 9.53 Å². The third-order valence-corrected chi connectivity index (χ3v) is 3.03. The second kappa shape index (κ2) is 7.38. The highest BCUT2D eigenvalue weighted by molar-refractivity contribution is 7.13. The molecule has 0 saturated heterocycles. The second-order valence-electron chi connectivity index (χ2n) is 3.41. The number of aryl methyl sites for hydroxylation is 1. The van der Waals surface area contributed by atoms with Crippen molar-refractivity contribution in [1.82, 2.24) is 10.6 Å². The van der Waals surface area contributed by atoms with Crippen LogP contribution in [0.2, 0.25) is 0 Å². The minimum Gasteiger partial charge on any atom is -0.383 e. The molecule has 0 radical (unpaired) electrons. The molecule has 2 N–H and O–H groups in total. The lowest BCUT2D eigenvalue weighted by Crippen LogP contribution is -2.32. The number of methoxy groups -OCH3 is 1. The molecule has 0 atom stereocenters. The van der Waals surface area contributed by atoms with Crippen LogP contribution in [0, 0.1) is 6.92 Å². The summed E-state index contributed by atoms with van der Waals surface area (Å²) in [7, 11) is 1.67. The van der Waals surface area contributed by atoms with Crippen LogP contribution in [-0.2, 0) is 4.74 Å². The highest BCUT2D eigenvalue weighted by Gasteiger charge is 2.06. The van der Waals surface area contributed by atoms with Crippen molar-refractivity contribution in [3.05, 3.63) is 21.9 Å². The van der Waals surface area contributed by atoms with E-state index in [0.717, 1.165) is 22.8 Å². The largest absolute Gasteiger partial charge is 0.383 e. The van der Waals surface area contributed by atoms with Crippen LogP contribution in [0.15, 0.2) is 12.1 Å². The molecule has 1 rings (SSSR count). The van der Waals surface area contributed by atoms with Crippen LogP contribution in [-0.4, -0.2) is 39.3 Å². The molecule has 0 unspecified atom stereocenters. The Hall–Kier alpha value is -0.910.